The van der Waals surface area contributed by atoms with Crippen LogP contribution in [-0.2, 0) is 30.2 Å². The Bertz CT molecular complexity index is 689. The van der Waals surface area contributed by atoms with Crippen molar-refractivity contribution in [3.05, 3.63) is 59.2 Å². The maximum absolute atomic E-state index is 8.54. The Morgan fingerprint density at radius 3 is 1.48 bits per heavy atom. The van der Waals surface area contributed by atoms with E-state index in [0.717, 1.165) is 11.4 Å². The van der Waals surface area contributed by atoms with E-state index in [-0.39, 0.29) is 17.1 Å². The Kier molecular flexibility index (Phi) is 12.6. The molecule has 0 aliphatic heterocycles. The first kappa shape index (κ1) is 24.7. The minimum absolute atomic E-state index is 0. The Morgan fingerprint density at radius 2 is 1.19 bits per heavy atom. The Balaban J connectivity index is 0.000000483. The van der Waals surface area contributed by atoms with E-state index in [1.54, 1.807) is 13.8 Å². The Hall–Kier alpha value is -2.32. The molecule has 0 saturated heterocycles. The molecule has 0 aromatic carbocycles. The van der Waals surface area contributed by atoms with Gasteiger partial charge in [0.2, 0.25) is 0 Å². The Morgan fingerprint density at radius 1 is 0.815 bits per heavy atom. The second kappa shape index (κ2) is 13.8. The molecule has 2 rings (SSSR count). The molecular weight excluding hydrogens is 396 g/mol. The number of nitrogens with zero attached hydrogens (tertiary/aromatic N) is 4. The van der Waals surface area contributed by atoms with Crippen molar-refractivity contribution in [3.8, 4) is 0 Å². The fourth-order valence-corrected chi connectivity index (χ4v) is 2.02. The number of oxime groups is 2. The van der Waals surface area contributed by atoms with Gasteiger partial charge in [-0.25, -0.2) is 0 Å². The van der Waals surface area contributed by atoms with Crippen molar-refractivity contribution >= 4 is 11.4 Å². The third kappa shape index (κ3) is 8.74. The number of nitrogens with one attached hydrogen (secondary N) is 2. The SMILES string of the molecule is CNCc1cccc(/C(C)=N/O)n1.CNCc1cccc(/C(C)=N/O)n1.[Cu]. The third-order valence-electron chi connectivity index (χ3n) is 3.37. The fourth-order valence-electron chi connectivity index (χ4n) is 2.02. The van der Waals surface area contributed by atoms with Gasteiger partial charge in [-0.3, -0.25) is 9.97 Å². The van der Waals surface area contributed by atoms with Crippen molar-refractivity contribution in [2.24, 2.45) is 10.3 Å². The summed E-state index contributed by atoms with van der Waals surface area (Å²) in [5.74, 6) is 0. The molecule has 27 heavy (non-hydrogen) atoms. The molecule has 4 N–H and O–H groups in total. The third-order valence-corrected chi connectivity index (χ3v) is 3.37. The van der Waals surface area contributed by atoms with E-state index < -0.39 is 0 Å². The van der Waals surface area contributed by atoms with E-state index in [2.05, 4.69) is 30.9 Å². The van der Waals surface area contributed by atoms with Gasteiger partial charge in [0.1, 0.15) is 11.4 Å². The van der Waals surface area contributed by atoms with Crippen molar-refractivity contribution in [3.63, 3.8) is 0 Å². The Labute approximate surface area is 170 Å². The summed E-state index contributed by atoms with van der Waals surface area (Å²) in [6.07, 6.45) is 0. The van der Waals surface area contributed by atoms with Crippen LogP contribution in [0.2, 0.25) is 0 Å². The monoisotopic (exact) mass is 421 g/mol. The average Bonchev–Trinajstić information content (AvgIpc) is 2.68. The van der Waals surface area contributed by atoms with Gasteiger partial charge in [-0.15, -0.1) is 0 Å². The molecule has 0 atom stereocenters. The first-order chi connectivity index (χ1) is 12.5. The molecular formula is C18H26CuN6O2. The van der Waals surface area contributed by atoms with Crippen LogP contribution in [0.4, 0.5) is 0 Å². The van der Waals surface area contributed by atoms with Crippen LogP contribution in [0, 0.1) is 0 Å². The van der Waals surface area contributed by atoms with Gasteiger partial charge < -0.3 is 21.0 Å². The second-order valence-corrected chi connectivity index (χ2v) is 5.46. The molecule has 2 heterocycles. The smallest absolute Gasteiger partial charge is 0.102 e. The van der Waals surface area contributed by atoms with E-state index in [1.165, 1.54) is 0 Å². The summed E-state index contributed by atoms with van der Waals surface area (Å²) in [6.45, 7) is 4.86. The van der Waals surface area contributed by atoms with Crippen LogP contribution in [0.25, 0.3) is 0 Å². The first-order valence-electron chi connectivity index (χ1n) is 8.14. The number of pyridine rings is 2. The van der Waals surface area contributed by atoms with Crippen LogP contribution in [0.3, 0.4) is 0 Å². The van der Waals surface area contributed by atoms with E-state index in [9.17, 15) is 0 Å². The molecule has 8 nitrogen and oxygen atoms in total. The van der Waals surface area contributed by atoms with Crippen molar-refractivity contribution in [1.82, 2.24) is 20.6 Å². The van der Waals surface area contributed by atoms with Crippen molar-refractivity contribution in [2.75, 3.05) is 14.1 Å². The van der Waals surface area contributed by atoms with Crippen LogP contribution >= 0.6 is 0 Å². The van der Waals surface area contributed by atoms with Gasteiger partial charge in [0, 0.05) is 30.2 Å². The molecule has 9 heteroatoms. The summed E-state index contributed by atoms with van der Waals surface area (Å²) in [5.41, 5.74) is 4.33. The molecule has 2 aromatic rings. The number of hydrogen-bond donors (Lipinski definition) is 4. The van der Waals surface area contributed by atoms with E-state index in [1.807, 2.05) is 50.5 Å². The minimum Gasteiger partial charge on any atom is -0.411 e. The van der Waals surface area contributed by atoms with Gasteiger partial charge in [0.15, 0.2) is 0 Å². The molecule has 0 saturated carbocycles. The van der Waals surface area contributed by atoms with Crippen LogP contribution in [0.1, 0.15) is 36.6 Å². The maximum Gasteiger partial charge on any atom is 0.102 e. The predicted octanol–water partition coefficient (Wildman–Crippen LogP) is 2.00. The summed E-state index contributed by atoms with van der Waals surface area (Å²) in [4.78, 5) is 8.56. The summed E-state index contributed by atoms with van der Waals surface area (Å²) in [7, 11) is 3.72. The zero-order valence-corrected chi connectivity index (χ0v) is 16.8. The average molecular weight is 422 g/mol. The van der Waals surface area contributed by atoms with Crippen molar-refractivity contribution in [1.29, 1.82) is 0 Å². The number of hydrogen-bond acceptors (Lipinski definition) is 8. The van der Waals surface area contributed by atoms with E-state index >= 15 is 0 Å². The zero-order valence-electron chi connectivity index (χ0n) is 15.9. The number of rotatable bonds is 6. The van der Waals surface area contributed by atoms with Crippen LogP contribution in [0.5, 0.6) is 0 Å². The molecule has 0 spiro atoms. The van der Waals surface area contributed by atoms with Crippen LogP contribution in [0.15, 0.2) is 46.7 Å². The summed E-state index contributed by atoms with van der Waals surface area (Å²) in [5, 5.41) is 29.3. The molecule has 0 unspecified atom stereocenters. The molecule has 151 valence electrons. The van der Waals surface area contributed by atoms with Crippen molar-refractivity contribution < 1.29 is 27.5 Å². The minimum atomic E-state index is 0. The van der Waals surface area contributed by atoms with Gasteiger partial charge in [0.05, 0.1) is 22.8 Å². The van der Waals surface area contributed by atoms with E-state index in [0.29, 0.717) is 35.9 Å². The maximum atomic E-state index is 8.54. The van der Waals surface area contributed by atoms with Gasteiger partial charge in [-0.05, 0) is 52.2 Å². The first-order valence-corrected chi connectivity index (χ1v) is 8.14. The fraction of sp³-hybridized carbons (Fsp3) is 0.333. The second-order valence-electron chi connectivity index (χ2n) is 5.46. The topological polar surface area (TPSA) is 115 Å². The largest absolute Gasteiger partial charge is 0.411 e. The van der Waals surface area contributed by atoms with Crippen LogP contribution in [-0.4, -0.2) is 45.9 Å². The molecule has 1 radical (unpaired) electrons. The van der Waals surface area contributed by atoms with Gasteiger partial charge >= 0.3 is 0 Å². The van der Waals surface area contributed by atoms with Gasteiger partial charge in [-0.2, -0.15) is 0 Å². The van der Waals surface area contributed by atoms with Gasteiger partial charge in [0.25, 0.3) is 0 Å². The summed E-state index contributed by atoms with van der Waals surface area (Å²) < 4.78 is 0. The molecule has 0 aliphatic rings. The zero-order chi connectivity index (χ0) is 19.4. The normalized spacial score (nSPS) is 11.3. The van der Waals surface area contributed by atoms with E-state index in [4.69, 9.17) is 10.4 Å². The van der Waals surface area contributed by atoms with Gasteiger partial charge in [-0.1, -0.05) is 22.4 Å². The molecule has 0 aliphatic carbocycles. The molecule has 0 fully saturated rings. The van der Waals surface area contributed by atoms with Crippen molar-refractivity contribution in [2.45, 2.75) is 26.9 Å². The standard InChI is InChI=1S/2C9H13N3O.Cu/c2*1-7(12-13)9-5-3-4-8(11-9)6-10-2;/h2*3-5,10,13H,6H2,1-2H3;/b2*12-7+;. The summed E-state index contributed by atoms with van der Waals surface area (Å²) >= 11 is 0. The molecule has 0 bridgehead atoms. The quantitative estimate of drug-likeness (QED) is 0.245. The molecule has 0 amide bonds. The van der Waals surface area contributed by atoms with Crippen LogP contribution < -0.4 is 10.6 Å². The molecule has 2 aromatic heterocycles. The number of aromatic nitrogens is 2. The predicted molar refractivity (Wildman–Crippen MR) is 102 cm³/mol. The summed E-state index contributed by atoms with van der Waals surface area (Å²) in [6, 6.07) is 11.3.